The van der Waals surface area contributed by atoms with Gasteiger partial charge in [0.05, 0.1) is 24.0 Å². The molecule has 0 aliphatic rings. The van der Waals surface area contributed by atoms with Crippen molar-refractivity contribution in [2.75, 3.05) is 14.2 Å². The standard InChI is InChI=1S/C22H18O2S/c1-23-19-13-11-15-7-3-5-9-17(15)21(19)25-22-18-10-6-4-8-16(18)12-14-20(22)24-2/h3-14H,1-2H3. The molecule has 4 aromatic carbocycles. The van der Waals surface area contributed by atoms with Crippen molar-refractivity contribution in [2.45, 2.75) is 9.79 Å². The Kier molecular flexibility index (Phi) is 4.24. The third-order valence-corrected chi connectivity index (χ3v) is 5.58. The highest BCUT2D eigenvalue weighted by Crippen LogP contribution is 2.46. The molecule has 0 aliphatic heterocycles. The van der Waals surface area contributed by atoms with E-state index in [-0.39, 0.29) is 0 Å². The molecule has 0 saturated carbocycles. The van der Waals surface area contributed by atoms with Gasteiger partial charge < -0.3 is 9.47 Å². The van der Waals surface area contributed by atoms with E-state index in [1.54, 1.807) is 26.0 Å². The van der Waals surface area contributed by atoms with Crippen LogP contribution in [0.4, 0.5) is 0 Å². The predicted molar refractivity (Wildman–Crippen MR) is 105 cm³/mol. The van der Waals surface area contributed by atoms with E-state index in [4.69, 9.17) is 9.47 Å². The highest BCUT2D eigenvalue weighted by molar-refractivity contribution is 8.00. The van der Waals surface area contributed by atoms with Gasteiger partial charge in [-0.1, -0.05) is 72.4 Å². The summed E-state index contributed by atoms with van der Waals surface area (Å²) >= 11 is 1.70. The minimum Gasteiger partial charge on any atom is -0.496 e. The molecule has 0 aromatic heterocycles. The first-order valence-corrected chi connectivity index (χ1v) is 8.93. The van der Waals surface area contributed by atoms with Crippen LogP contribution in [0.2, 0.25) is 0 Å². The summed E-state index contributed by atoms with van der Waals surface area (Å²) in [5.74, 6) is 1.75. The van der Waals surface area contributed by atoms with E-state index < -0.39 is 0 Å². The van der Waals surface area contributed by atoms with Gasteiger partial charge in [0.1, 0.15) is 11.5 Å². The van der Waals surface area contributed by atoms with E-state index in [0.717, 1.165) is 21.3 Å². The SMILES string of the molecule is COc1ccc2ccccc2c1Sc1c(OC)ccc2ccccc12. The van der Waals surface area contributed by atoms with Gasteiger partial charge in [0.25, 0.3) is 0 Å². The Morgan fingerprint density at radius 2 is 1.00 bits per heavy atom. The molecular formula is C22H18O2S. The molecule has 2 nitrogen and oxygen atoms in total. The number of ether oxygens (including phenoxy) is 2. The number of hydrogen-bond donors (Lipinski definition) is 0. The molecule has 0 amide bonds. The van der Waals surface area contributed by atoms with E-state index in [9.17, 15) is 0 Å². The summed E-state index contributed by atoms with van der Waals surface area (Å²) in [6.45, 7) is 0. The maximum Gasteiger partial charge on any atom is 0.133 e. The van der Waals surface area contributed by atoms with Crippen LogP contribution >= 0.6 is 11.8 Å². The van der Waals surface area contributed by atoms with Crippen LogP contribution in [0.1, 0.15) is 0 Å². The van der Waals surface area contributed by atoms with Crippen molar-refractivity contribution in [1.29, 1.82) is 0 Å². The van der Waals surface area contributed by atoms with Gasteiger partial charge >= 0.3 is 0 Å². The van der Waals surface area contributed by atoms with Crippen LogP contribution in [0.3, 0.4) is 0 Å². The van der Waals surface area contributed by atoms with Crippen molar-refractivity contribution in [3.05, 3.63) is 72.8 Å². The zero-order chi connectivity index (χ0) is 17.2. The number of benzene rings is 4. The Morgan fingerprint density at radius 1 is 0.560 bits per heavy atom. The second-order valence-corrected chi connectivity index (χ2v) is 6.76. The van der Waals surface area contributed by atoms with Crippen LogP contribution < -0.4 is 9.47 Å². The number of methoxy groups -OCH3 is 2. The molecule has 4 aromatic rings. The summed E-state index contributed by atoms with van der Waals surface area (Å²) in [5.41, 5.74) is 0. The average Bonchev–Trinajstić information content (AvgIpc) is 2.68. The Bertz CT molecular complexity index is 971. The Labute approximate surface area is 151 Å². The van der Waals surface area contributed by atoms with Crippen molar-refractivity contribution in [2.24, 2.45) is 0 Å². The highest BCUT2D eigenvalue weighted by atomic mass is 32.2. The molecule has 0 unspecified atom stereocenters. The van der Waals surface area contributed by atoms with Gasteiger partial charge in [0, 0.05) is 0 Å². The van der Waals surface area contributed by atoms with Crippen molar-refractivity contribution < 1.29 is 9.47 Å². The van der Waals surface area contributed by atoms with Gasteiger partial charge in [0.2, 0.25) is 0 Å². The van der Waals surface area contributed by atoms with Gasteiger partial charge in [-0.15, -0.1) is 0 Å². The maximum atomic E-state index is 5.65. The van der Waals surface area contributed by atoms with Crippen molar-refractivity contribution >= 4 is 33.3 Å². The van der Waals surface area contributed by atoms with E-state index in [1.807, 2.05) is 12.1 Å². The molecule has 0 N–H and O–H groups in total. The molecule has 0 fully saturated rings. The zero-order valence-corrected chi connectivity index (χ0v) is 15.0. The lowest BCUT2D eigenvalue weighted by molar-refractivity contribution is 0.404. The fourth-order valence-corrected chi connectivity index (χ4v) is 4.38. The molecule has 124 valence electrons. The number of hydrogen-bond acceptors (Lipinski definition) is 3. The van der Waals surface area contributed by atoms with Gasteiger partial charge in [-0.05, 0) is 33.7 Å². The first-order chi connectivity index (χ1) is 12.3. The summed E-state index contributed by atoms with van der Waals surface area (Å²) in [7, 11) is 3.43. The van der Waals surface area contributed by atoms with E-state index in [0.29, 0.717) is 0 Å². The normalized spacial score (nSPS) is 11.0. The first-order valence-electron chi connectivity index (χ1n) is 8.11. The second kappa shape index (κ2) is 6.69. The topological polar surface area (TPSA) is 18.5 Å². The molecule has 0 aliphatic carbocycles. The van der Waals surface area contributed by atoms with E-state index in [1.165, 1.54) is 21.5 Å². The first kappa shape index (κ1) is 15.9. The minimum atomic E-state index is 0.874. The van der Waals surface area contributed by atoms with Gasteiger partial charge in [-0.2, -0.15) is 0 Å². The predicted octanol–water partition coefficient (Wildman–Crippen LogP) is 6.16. The van der Waals surface area contributed by atoms with Crippen molar-refractivity contribution in [1.82, 2.24) is 0 Å². The molecule has 0 radical (unpaired) electrons. The Balaban J connectivity index is 1.97. The minimum absolute atomic E-state index is 0.874. The molecule has 0 spiro atoms. The van der Waals surface area contributed by atoms with E-state index >= 15 is 0 Å². The summed E-state index contributed by atoms with van der Waals surface area (Å²) < 4.78 is 11.3. The smallest absolute Gasteiger partial charge is 0.133 e. The molecule has 0 saturated heterocycles. The quantitative estimate of drug-likeness (QED) is 0.441. The molecule has 4 rings (SSSR count). The van der Waals surface area contributed by atoms with Crippen LogP contribution in [0.15, 0.2) is 82.6 Å². The third-order valence-electron chi connectivity index (χ3n) is 4.33. The summed E-state index contributed by atoms with van der Waals surface area (Å²) in [5, 5.41) is 4.76. The van der Waals surface area contributed by atoms with Gasteiger partial charge in [-0.25, -0.2) is 0 Å². The molecular weight excluding hydrogens is 328 g/mol. The van der Waals surface area contributed by atoms with Crippen molar-refractivity contribution in [3.63, 3.8) is 0 Å². The number of fused-ring (bicyclic) bond motifs is 2. The largest absolute Gasteiger partial charge is 0.496 e. The molecule has 0 heterocycles. The summed E-state index contributed by atoms with van der Waals surface area (Å²) in [6, 6.07) is 25.0. The highest BCUT2D eigenvalue weighted by Gasteiger charge is 2.15. The molecule has 0 bridgehead atoms. The zero-order valence-electron chi connectivity index (χ0n) is 14.2. The fraction of sp³-hybridized carbons (Fsp3) is 0.0909. The monoisotopic (exact) mass is 346 g/mol. The number of rotatable bonds is 4. The van der Waals surface area contributed by atoms with Crippen LogP contribution in [0.25, 0.3) is 21.5 Å². The molecule has 0 atom stereocenters. The van der Waals surface area contributed by atoms with Crippen LogP contribution in [0, 0.1) is 0 Å². The molecule has 3 heteroatoms. The van der Waals surface area contributed by atoms with Crippen LogP contribution in [-0.4, -0.2) is 14.2 Å². The fourth-order valence-electron chi connectivity index (χ4n) is 3.08. The van der Waals surface area contributed by atoms with Crippen LogP contribution in [-0.2, 0) is 0 Å². The van der Waals surface area contributed by atoms with Gasteiger partial charge in [-0.3, -0.25) is 0 Å². The Morgan fingerprint density at radius 3 is 1.44 bits per heavy atom. The average molecular weight is 346 g/mol. The molecule has 25 heavy (non-hydrogen) atoms. The lowest BCUT2D eigenvalue weighted by Gasteiger charge is -2.15. The Hall–Kier alpha value is -2.65. The summed E-state index contributed by atoms with van der Waals surface area (Å²) in [4.78, 5) is 2.21. The second-order valence-electron chi connectivity index (χ2n) is 5.74. The maximum absolute atomic E-state index is 5.65. The van der Waals surface area contributed by atoms with Crippen molar-refractivity contribution in [3.8, 4) is 11.5 Å². The third kappa shape index (κ3) is 2.81. The lowest BCUT2D eigenvalue weighted by Crippen LogP contribution is -1.91. The summed E-state index contributed by atoms with van der Waals surface area (Å²) in [6.07, 6.45) is 0. The lowest BCUT2D eigenvalue weighted by atomic mass is 10.1. The van der Waals surface area contributed by atoms with Gasteiger partial charge in [0.15, 0.2) is 0 Å². The van der Waals surface area contributed by atoms with E-state index in [2.05, 4.69) is 60.7 Å². The van der Waals surface area contributed by atoms with Crippen LogP contribution in [0.5, 0.6) is 11.5 Å².